The number of aryl methyl sites for hydroxylation is 2. The number of benzene rings is 1. The maximum atomic E-state index is 5.94. The predicted octanol–water partition coefficient (Wildman–Crippen LogP) is 3.50. The summed E-state index contributed by atoms with van der Waals surface area (Å²) in [6, 6.07) is 11.8. The van der Waals surface area contributed by atoms with Gasteiger partial charge in [0.05, 0.1) is 5.52 Å². The Kier molecular flexibility index (Phi) is 3.54. The lowest BCUT2D eigenvalue weighted by Gasteiger charge is -2.12. The summed E-state index contributed by atoms with van der Waals surface area (Å²) in [5.74, 6) is 1.29. The van der Waals surface area contributed by atoms with Gasteiger partial charge in [-0.25, -0.2) is 4.98 Å². The van der Waals surface area contributed by atoms with E-state index in [2.05, 4.69) is 9.97 Å². The maximum Gasteiger partial charge on any atom is 0.224 e. The lowest BCUT2D eigenvalue weighted by molar-refractivity contribution is 0.455. The molecule has 21 heavy (non-hydrogen) atoms. The van der Waals surface area contributed by atoms with Crippen molar-refractivity contribution in [2.45, 2.75) is 20.4 Å². The highest BCUT2D eigenvalue weighted by molar-refractivity contribution is 5.79. The molecule has 0 aliphatic rings. The predicted molar refractivity (Wildman–Crippen MR) is 83.4 cm³/mol. The van der Waals surface area contributed by atoms with Gasteiger partial charge in [0.15, 0.2) is 0 Å². The fraction of sp³-hybridized carbons (Fsp3) is 0.176. The van der Waals surface area contributed by atoms with E-state index in [9.17, 15) is 0 Å². The van der Waals surface area contributed by atoms with E-state index in [-0.39, 0.29) is 0 Å². The van der Waals surface area contributed by atoms with Crippen LogP contribution in [0.25, 0.3) is 10.9 Å². The molecule has 0 saturated carbocycles. The third kappa shape index (κ3) is 2.71. The third-order valence-electron chi connectivity index (χ3n) is 3.43. The fourth-order valence-electron chi connectivity index (χ4n) is 2.38. The molecule has 106 valence electrons. The number of aromatic nitrogens is 2. The topological polar surface area (TPSA) is 61.0 Å². The Morgan fingerprint density at radius 1 is 1.14 bits per heavy atom. The van der Waals surface area contributed by atoms with Crippen molar-refractivity contribution in [3.8, 4) is 11.6 Å². The number of ether oxygens (including phenoxy) is 1. The molecule has 0 amide bonds. The molecule has 0 atom stereocenters. The van der Waals surface area contributed by atoms with Crippen molar-refractivity contribution in [2.24, 2.45) is 5.73 Å². The molecule has 4 nitrogen and oxygen atoms in total. The summed E-state index contributed by atoms with van der Waals surface area (Å²) in [6.45, 7) is 4.37. The van der Waals surface area contributed by atoms with Gasteiger partial charge in [0.1, 0.15) is 5.75 Å². The first kappa shape index (κ1) is 13.5. The Morgan fingerprint density at radius 3 is 2.81 bits per heavy atom. The molecule has 0 radical (unpaired) electrons. The van der Waals surface area contributed by atoms with Crippen LogP contribution in [0.2, 0.25) is 0 Å². The van der Waals surface area contributed by atoms with E-state index in [4.69, 9.17) is 10.5 Å². The second-order valence-corrected chi connectivity index (χ2v) is 5.03. The van der Waals surface area contributed by atoms with Crippen LogP contribution in [0, 0.1) is 13.8 Å². The zero-order chi connectivity index (χ0) is 14.8. The average molecular weight is 279 g/mol. The van der Waals surface area contributed by atoms with Crippen LogP contribution in [0.1, 0.15) is 16.8 Å². The standard InChI is InChI=1S/C17H17N3O/c1-11-8-12(2)20-17(15(11)10-18)21-14-6-5-13-4-3-7-19-16(13)9-14/h3-9H,10,18H2,1-2H3. The monoisotopic (exact) mass is 279 g/mol. The van der Waals surface area contributed by atoms with Gasteiger partial charge < -0.3 is 10.5 Å². The van der Waals surface area contributed by atoms with Gasteiger partial charge >= 0.3 is 0 Å². The molecule has 0 saturated heterocycles. The van der Waals surface area contributed by atoms with E-state index in [0.717, 1.165) is 27.7 Å². The molecule has 3 rings (SSSR count). The lowest BCUT2D eigenvalue weighted by Crippen LogP contribution is -2.05. The highest BCUT2D eigenvalue weighted by Crippen LogP contribution is 2.27. The molecule has 0 unspecified atom stereocenters. The van der Waals surface area contributed by atoms with Crippen LogP contribution in [-0.4, -0.2) is 9.97 Å². The van der Waals surface area contributed by atoms with Crippen molar-refractivity contribution in [1.82, 2.24) is 9.97 Å². The molecule has 0 aliphatic carbocycles. The van der Waals surface area contributed by atoms with E-state index in [1.807, 2.05) is 50.2 Å². The Labute approximate surface area is 123 Å². The normalized spacial score (nSPS) is 10.8. The van der Waals surface area contributed by atoms with E-state index in [0.29, 0.717) is 18.2 Å². The van der Waals surface area contributed by atoms with Crippen LogP contribution in [0.4, 0.5) is 0 Å². The summed E-state index contributed by atoms with van der Waals surface area (Å²) in [5.41, 5.74) is 9.65. The van der Waals surface area contributed by atoms with Crippen LogP contribution in [0.5, 0.6) is 11.6 Å². The quantitative estimate of drug-likeness (QED) is 0.797. The van der Waals surface area contributed by atoms with Gasteiger partial charge in [-0.05, 0) is 43.7 Å². The van der Waals surface area contributed by atoms with Crippen molar-refractivity contribution in [1.29, 1.82) is 0 Å². The van der Waals surface area contributed by atoms with Crippen LogP contribution in [0.15, 0.2) is 42.6 Å². The molecule has 3 aromatic rings. The van der Waals surface area contributed by atoms with Crippen molar-refractivity contribution in [2.75, 3.05) is 0 Å². The van der Waals surface area contributed by atoms with Crippen LogP contribution >= 0.6 is 0 Å². The van der Waals surface area contributed by atoms with Crippen LogP contribution in [-0.2, 0) is 6.54 Å². The Balaban J connectivity index is 2.02. The van der Waals surface area contributed by atoms with Gasteiger partial charge in [-0.2, -0.15) is 0 Å². The second-order valence-electron chi connectivity index (χ2n) is 5.03. The number of hydrogen-bond donors (Lipinski definition) is 1. The minimum atomic E-state index is 0.403. The summed E-state index contributed by atoms with van der Waals surface area (Å²) in [7, 11) is 0. The summed E-state index contributed by atoms with van der Waals surface area (Å²) in [6.07, 6.45) is 1.77. The van der Waals surface area contributed by atoms with Crippen molar-refractivity contribution in [3.63, 3.8) is 0 Å². The summed E-state index contributed by atoms with van der Waals surface area (Å²) >= 11 is 0. The minimum absolute atomic E-state index is 0.403. The molecule has 0 fully saturated rings. The van der Waals surface area contributed by atoms with Gasteiger partial charge in [-0.15, -0.1) is 0 Å². The molecule has 2 aromatic heterocycles. The van der Waals surface area contributed by atoms with Gasteiger partial charge in [0.25, 0.3) is 0 Å². The first-order valence-electron chi connectivity index (χ1n) is 6.87. The molecular weight excluding hydrogens is 262 g/mol. The zero-order valence-corrected chi connectivity index (χ0v) is 12.1. The molecule has 0 spiro atoms. The zero-order valence-electron chi connectivity index (χ0n) is 12.1. The van der Waals surface area contributed by atoms with Crippen LogP contribution in [0.3, 0.4) is 0 Å². The number of nitrogens with zero attached hydrogens (tertiary/aromatic N) is 2. The van der Waals surface area contributed by atoms with Crippen molar-refractivity contribution < 1.29 is 4.74 Å². The largest absolute Gasteiger partial charge is 0.439 e. The van der Waals surface area contributed by atoms with E-state index in [1.165, 1.54) is 0 Å². The van der Waals surface area contributed by atoms with Crippen molar-refractivity contribution >= 4 is 10.9 Å². The SMILES string of the molecule is Cc1cc(C)c(CN)c(Oc2ccc3cccnc3c2)n1. The van der Waals surface area contributed by atoms with Gasteiger partial charge in [-0.3, -0.25) is 4.98 Å². The molecule has 2 N–H and O–H groups in total. The molecule has 1 aromatic carbocycles. The van der Waals surface area contributed by atoms with E-state index < -0.39 is 0 Å². The Bertz CT molecular complexity index is 799. The first-order chi connectivity index (χ1) is 10.2. The highest BCUT2D eigenvalue weighted by Gasteiger charge is 2.10. The van der Waals surface area contributed by atoms with Gasteiger partial charge in [0, 0.05) is 35.5 Å². The Hall–Kier alpha value is -2.46. The maximum absolute atomic E-state index is 5.94. The Morgan fingerprint density at radius 2 is 2.00 bits per heavy atom. The first-order valence-corrected chi connectivity index (χ1v) is 6.87. The number of pyridine rings is 2. The lowest BCUT2D eigenvalue weighted by atomic mass is 10.1. The molecule has 0 bridgehead atoms. The van der Waals surface area contributed by atoms with Gasteiger partial charge in [-0.1, -0.05) is 6.07 Å². The van der Waals surface area contributed by atoms with Crippen molar-refractivity contribution in [3.05, 3.63) is 59.4 Å². The number of fused-ring (bicyclic) bond motifs is 1. The second kappa shape index (κ2) is 5.50. The highest BCUT2D eigenvalue weighted by atomic mass is 16.5. The molecular formula is C17H17N3O. The number of hydrogen-bond acceptors (Lipinski definition) is 4. The minimum Gasteiger partial charge on any atom is -0.439 e. The fourth-order valence-corrected chi connectivity index (χ4v) is 2.38. The smallest absolute Gasteiger partial charge is 0.224 e. The van der Waals surface area contributed by atoms with Gasteiger partial charge in [0.2, 0.25) is 5.88 Å². The van der Waals surface area contributed by atoms with E-state index in [1.54, 1.807) is 6.20 Å². The number of rotatable bonds is 3. The summed E-state index contributed by atoms with van der Waals surface area (Å²) in [4.78, 5) is 8.79. The third-order valence-corrected chi connectivity index (χ3v) is 3.43. The molecule has 2 heterocycles. The molecule has 0 aliphatic heterocycles. The summed E-state index contributed by atoms with van der Waals surface area (Å²) in [5, 5.41) is 1.08. The van der Waals surface area contributed by atoms with E-state index >= 15 is 0 Å². The summed E-state index contributed by atoms with van der Waals surface area (Å²) < 4.78 is 5.94. The van der Waals surface area contributed by atoms with Crippen LogP contribution < -0.4 is 10.5 Å². The average Bonchev–Trinajstić information content (AvgIpc) is 2.47. The number of nitrogens with two attached hydrogens (primary N) is 1. The molecule has 4 heteroatoms.